The number of nitrogens with one attached hydrogen (secondary N) is 1. The van der Waals surface area contributed by atoms with Crippen molar-refractivity contribution in [3.05, 3.63) is 0 Å². The van der Waals surface area contributed by atoms with Crippen LogP contribution in [-0.2, 0) is 9.59 Å². The van der Waals surface area contributed by atoms with Crippen molar-refractivity contribution in [3.8, 4) is 0 Å². The minimum Gasteiger partial charge on any atom is -0.355 e. The highest BCUT2D eigenvalue weighted by atomic mass is 16.2. The van der Waals surface area contributed by atoms with E-state index in [0.717, 1.165) is 13.0 Å². The predicted octanol–water partition coefficient (Wildman–Crippen LogP) is 0.423. The number of Topliss-reactive ketones (excluding diaryl/α,β-unsaturated/α-hetero) is 1. The lowest BCUT2D eigenvalue weighted by Crippen LogP contribution is -2.35. The average Bonchev–Trinajstić information content (AvgIpc) is 2.03. The highest BCUT2D eigenvalue weighted by Crippen LogP contribution is 1.93. The molecular formula is C10H20N2O2. The summed E-state index contributed by atoms with van der Waals surface area (Å²) in [6, 6.07) is 0. The first kappa shape index (κ1) is 13.1. The molecule has 0 spiro atoms. The molecule has 0 heterocycles. The highest BCUT2D eigenvalue weighted by Gasteiger charge is 2.04. The molecule has 0 aromatic rings. The average molecular weight is 200 g/mol. The summed E-state index contributed by atoms with van der Waals surface area (Å²) in [7, 11) is 1.88. The van der Waals surface area contributed by atoms with Crippen LogP contribution in [0.15, 0.2) is 0 Å². The summed E-state index contributed by atoms with van der Waals surface area (Å²) >= 11 is 0. The van der Waals surface area contributed by atoms with Crippen LogP contribution < -0.4 is 5.32 Å². The lowest BCUT2D eigenvalue weighted by Gasteiger charge is -2.15. The molecule has 0 saturated carbocycles. The summed E-state index contributed by atoms with van der Waals surface area (Å²) in [4.78, 5) is 23.7. The summed E-state index contributed by atoms with van der Waals surface area (Å²) in [6.07, 6.45) is 1.42. The second-order valence-electron chi connectivity index (χ2n) is 3.50. The zero-order valence-electron chi connectivity index (χ0n) is 9.30. The summed E-state index contributed by atoms with van der Waals surface area (Å²) in [5.41, 5.74) is 0. The minimum absolute atomic E-state index is 0.0397. The molecule has 14 heavy (non-hydrogen) atoms. The van der Waals surface area contributed by atoms with Crippen molar-refractivity contribution in [3.63, 3.8) is 0 Å². The normalized spacial score (nSPS) is 10.3. The molecule has 0 aliphatic rings. The molecule has 0 atom stereocenters. The molecule has 0 aliphatic carbocycles. The Labute approximate surface area is 85.7 Å². The maximum absolute atomic E-state index is 11.1. The second-order valence-corrected chi connectivity index (χ2v) is 3.50. The predicted molar refractivity (Wildman–Crippen MR) is 56.1 cm³/mol. The molecule has 0 fully saturated rings. The molecule has 82 valence electrons. The largest absolute Gasteiger partial charge is 0.355 e. The number of nitrogens with zero attached hydrogens (tertiary/aromatic N) is 1. The molecule has 4 nitrogen and oxygen atoms in total. The Morgan fingerprint density at radius 2 is 2.00 bits per heavy atom. The minimum atomic E-state index is 0.0397. The van der Waals surface area contributed by atoms with Gasteiger partial charge in [-0.15, -0.1) is 0 Å². The third-order valence-electron chi connectivity index (χ3n) is 1.86. The number of amides is 1. The van der Waals surface area contributed by atoms with Gasteiger partial charge in [0, 0.05) is 13.0 Å². The smallest absolute Gasteiger partial charge is 0.234 e. The highest BCUT2D eigenvalue weighted by molar-refractivity contribution is 5.78. The second kappa shape index (κ2) is 7.50. The fourth-order valence-electron chi connectivity index (χ4n) is 1.18. The standard InChI is InChI=1S/C10H20N2O2/c1-4-11-10(14)8-12(3)7-5-6-9(2)13/h4-8H2,1-3H3,(H,11,14). The first-order chi connectivity index (χ1) is 6.56. The first-order valence-electron chi connectivity index (χ1n) is 5.01. The Balaban J connectivity index is 3.49. The zero-order chi connectivity index (χ0) is 11.0. The van der Waals surface area contributed by atoms with Crippen LogP contribution in [-0.4, -0.2) is 43.3 Å². The molecule has 0 radical (unpaired) electrons. The Hall–Kier alpha value is -0.900. The lowest BCUT2D eigenvalue weighted by molar-refractivity contribution is -0.121. The summed E-state index contributed by atoms with van der Waals surface area (Å²) in [6.45, 7) is 5.35. The van der Waals surface area contributed by atoms with Crippen LogP contribution in [0.4, 0.5) is 0 Å². The molecule has 1 N–H and O–H groups in total. The van der Waals surface area contributed by atoms with Crippen molar-refractivity contribution in [2.24, 2.45) is 0 Å². The van der Waals surface area contributed by atoms with Gasteiger partial charge in [-0.25, -0.2) is 0 Å². The van der Waals surface area contributed by atoms with Crippen LogP contribution in [0.3, 0.4) is 0 Å². The van der Waals surface area contributed by atoms with Crippen LogP contribution in [0.2, 0.25) is 0 Å². The van der Waals surface area contributed by atoms with E-state index in [-0.39, 0.29) is 11.7 Å². The molecule has 0 aromatic heterocycles. The van der Waals surface area contributed by atoms with E-state index < -0.39 is 0 Å². The Morgan fingerprint density at radius 3 is 2.50 bits per heavy atom. The number of ketones is 1. The van der Waals surface area contributed by atoms with Gasteiger partial charge in [-0.2, -0.15) is 0 Å². The molecule has 0 aromatic carbocycles. The van der Waals surface area contributed by atoms with Crippen molar-refractivity contribution < 1.29 is 9.59 Å². The van der Waals surface area contributed by atoms with E-state index in [4.69, 9.17) is 0 Å². The van der Waals surface area contributed by atoms with Crippen molar-refractivity contribution >= 4 is 11.7 Å². The third-order valence-corrected chi connectivity index (χ3v) is 1.86. The van der Waals surface area contributed by atoms with Gasteiger partial charge in [0.2, 0.25) is 5.91 Å². The Morgan fingerprint density at radius 1 is 1.36 bits per heavy atom. The quantitative estimate of drug-likeness (QED) is 0.648. The molecule has 4 heteroatoms. The van der Waals surface area contributed by atoms with Crippen molar-refractivity contribution in [2.75, 3.05) is 26.7 Å². The summed E-state index contributed by atoms with van der Waals surface area (Å²) in [5.74, 6) is 0.245. The number of rotatable bonds is 7. The van der Waals surface area contributed by atoms with Crippen LogP contribution in [0, 0.1) is 0 Å². The van der Waals surface area contributed by atoms with Gasteiger partial charge in [-0.3, -0.25) is 9.69 Å². The van der Waals surface area contributed by atoms with E-state index in [1.165, 1.54) is 0 Å². The van der Waals surface area contributed by atoms with Gasteiger partial charge in [-0.1, -0.05) is 0 Å². The monoisotopic (exact) mass is 200 g/mol. The van der Waals surface area contributed by atoms with Crippen molar-refractivity contribution in [1.82, 2.24) is 10.2 Å². The van der Waals surface area contributed by atoms with Gasteiger partial charge in [0.1, 0.15) is 5.78 Å². The summed E-state index contributed by atoms with van der Waals surface area (Å²) < 4.78 is 0. The zero-order valence-corrected chi connectivity index (χ0v) is 9.30. The Bertz CT molecular complexity index is 193. The number of hydrogen-bond donors (Lipinski definition) is 1. The SMILES string of the molecule is CCNC(=O)CN(C)CCCC(C)=O. The molecule has 1 amide bonds. The van der Waals surface area contributed by atoms with E-state index in [0.29, 0.717) is 19.5 Å². The number of carbonyl (C=O) groups excluding carboxylic acids is 2. The van der Waals surface area contributed by atoms with Gasteiger partial charge in [0.05, 0.1) is 6.54 Å². The molecule has 0 bridgehead atoms. The van der Waals surface area contributed by atoms with Crippen molar-refractivity contribution in [2.45, 2.75) is 26.7 Å². The molecule has 0 aliphatic heterocycles. The molecular weight excluding hydrogens is 180 g/mol. The van der Waals surface area contributed by atoms with E-state index in [9.17, 15) is 9.59 Å². The van der Waals surface area contributed by atoms with Gasteiger partial charge in [0.25, 0.3) is 0 Å². The van der Waals surface area contributed by atoms with E-state index in [1.54, 1.807) is 6.92 Å². The van der Waals surface area contributed by atoms with E-state index in [1.807, 2.05) is 18.9 Å². The van der Waals surface area contributed by atoms with Crippen molar-refractivity contribution in [1.29, 1.82) is 0 Å². The van der Waals surface area contributed by atoms with Gasteiger partial charge in [0.15, 0.2) is 0 Å². The van der Waals surface area contributed by atoms with Gasteiger partial charge >= 0.3 is 0 Å². The third kappa shape index (κ3) is 7.73. The number of likely N-dealkylation sites (N-methyl/N-ethyl adjacent to an activating group) is 2. The topological polar surface area (TPSA) is 49.4 Å². The van der Waals surface area contributed by atoms with Crippen LogP contribution in [0.25, 0.3) is 0 Å². The number of hydrogen-bond acceptors (Lipinski definition) is 3. The molecule has 0 rings (SSSR count). The van der Waals surface area contributed by atoms with E-state index >= 15 is 0 Å². The molecule has 0 saturated heterocycles. The fourth-order valence-corrected chi connectivity index (χ4v) is 1.18. The molecule has 0 unspecified atom stereocenters. The number of carbonyl (C=O) groups is 2. The maximum atomic E-state index is 11.1. The first-order valence-corrected chi connectivity index (χ1v) is 5.01. The van der Waals surface area contributed by atoms with Crippen LogP contribution >= 0.6 is 0 Å². The van der Waals surface area contributed by atoms with Crippen LogP contribution in [0.5, 0.6) is 0 Å². The lowest BCUT2D eigenvalue weighted by atomic mass is 10.2. The maximum Gasteiger partial charge on any atom is 0.234 e. The Kier molecular flexibility index (Phi) is 7.02. The van der Waals surface area contributed by atoms with Crippen LogP contribution in [0.1, 0.15) is 26.7 Å². The summed E-state index contributed by atoms with van der Waals surface area (Å²) in [5, 5.41) is 2.73. The van der Waals surface area contributed by atoms with E-state index in [2.05, 4.69) is 5.32 Å². The fraction of sp³-hybridized carbons (Fsp3) is 0.800. The van der Waals surface area contributed by atoms with Gasteiger partial charge in [-0.05, 0) is 33.9 Å². The van der Waals surface area contributed by atoms with Gasteiger partial charge < -0.3 is 10.1 Å².